The molecule has 1 amide bonds. The Morgan fingerprint density at radius 1 is 1.26 bits per heavy atom. The van der Waals surface area contributed by atoms with Gasteiger partial charge in [-0.3, -0.25) is 4.79 Å². The van der Waals surface area contributed by atoms with Crippen LogP contribution in [0.25, 0.3) is 0 Å². The van der Waals surface area contributed by atoms with E-state index in [1.165, 1.54) is 12.1 Å². The number of methoxy groups -OCH3 is 1. The average molecular weight is 356 g/mol. The van der Waals surface area contributed by atoms with Crippen molar-refractivity contribution in [3.63, 3.8) is 0 Å². The number of rotatable bonds is 5. The standard InChI is InChI=1S/C17H16Cl2FNO2/c1-17(23-2,11-4-3-5-12(18)8-11)10-21-16(22)14-7-6-13(20)9-15(14)19/h3-9H,10H2,1-2H3,(H,21,22). The molecule has 0 bridgehead atoms. The lowest BCUT2D eigenvalue weighted by molar-refractivity contribution is 0.00315. The van der Waals surface area contributed by atoms with Crippen molar-refractivity contribution in [1.82, 2.24) is 5.32 Å². The smallest absolute Gasteiger partial charge is 0.252 e. The van der Waals surface area contributed by atoms with Crippen molar-refractivity contribution in [3.8, 4) is 0 Å². The minimum absolute atomic E-state index is 0.0596. The first kappa shape index (κ1) is 17.7. The maximum atomic E-state index is 13.1. The second-order valence-corrected chi connectivity index (χ2v) is 6.10. The molecular formula is C17H16Cl2FNO2. The number of benzene rings is 2. The Labute approximate surface area is 144 Å². The Bertz CT molecular complexity index is 723. The van der Waals surface area contributed by atoms with Crippen molar-refractivity contribution in [2.75, 3.05) is 13.7 Å². The van der Waals surface area contributed by atoms with E-state index in [9.17, 15) is 9.18 Å². The van der Waals surface area contributed by atoms with Gasteiger partial charge in [0, 0.05) is 12.1 Å². The SMILES string of the molecule is COC(C)(CNC(=O)c1ccc(F)cc1Cl)c1cccc(Cl)c1. The Morgan fingerprint density at radius 3 is 2.61 bits per heavy atom. The van der Waals surface area contributed by atoms with E-state index in [1.54, 1.807) is 19.2 Å². The zero-order chi connectivity index (χ0) is 17.0. The van der Waals surface area contributed by atoms with Gasteiger partial charge in [-0.15, -0.1) is 0 Å². The fourth-order valence-electron chi connectivity index (χ4n) is 2.13. The highest BCUT2D eigenvalue weighted by molar-refractivity contribution is 6.33. The largest absolute Gasteiger partial charge is 0.372 e. The van der Waals surface area contributed by atoms with Gasteiger partial charge in [-0.05, 0) is 42.8 Å². The third kappa shape index (κ3) is 4.22. The second kappa shape index (κ2) is 7.30. The molecule has 1 unspecified atom stereocenters. The quantitative estimate of drug-likeness (QED) is 0.861. The summed E-state index contributed by atoms with van der Waals surface area (Å²) < 4.78 is 18.6. The van der Waals surface area contributed by atoms with Crippen molar-refractivity contribution < 1.29 is 13.9 Å². The van der Waals surface area contributed by atoms with Gasteiger partial charge >= 0.3 is 0 Å². The number of carbonyl (C=O) groups excluding carboxylic acids is 1. The summed E-state index contributed by atoms with van der Waals surface area (Å²) in [6, 6.07) is 10.9. The molecule has 6 heteroatoms. The van der Waals surface area contributed by atoms with Crippen molar-refractivity contribution in [1.29, 1.82) is 0 Å². The van der Waals surface area contributed by atoms with Gasteiger partial charge in [-0.2, -0.15) is 0 Å². The lowest BCUT2D eigenvalue weighted by Gasteiger charge is -2.29. The summed E-state index contributed by atoms with van der Waals surface area (Å²) in [7, 11) is 1.55. The maximum Gasteiger partial charge on any atom is 0.252 e. The summed E-state index contributed by atoms with van der Waals surface area (Å²) in [5.41, 5.74) is 0.281. The van der Waals surface area contributed by atoms with Crippen LogP contribution < -0.4 is 5.32 Å². The fourth-order valence-corrected chi connectivity index (χ4v) is 2.57. The number of carbonyl (C=O) groups is 1. The molecule has 0 saturated carbocycles. The van der Waals surface area contributed by atoms with Crippen LogP contribution in [-0.2, 0) is 10.3 Å². The number of halogens is 3. The van der Waals surface area contributed by atoms with E-state index in [1.807, 2.05) is 19.1 Å². The van der Waals surface area contributed by atoms with Crippen LogP contribution >= 0.6 is 23.2 Å². The molecule has 1 N–H and O–H groups in total. The second-order valence-electron chi connectivity index (χ2n) is 5.25. The van der Waals surface area contributed by atoms with Gasteiger partial charge in [0.05, 0.1) is 17.1 Å². The predicted molar refractivity (Wildman–Crippen MR) is 89.6 cm³/mol. The summed E-state index contributed by atoms with van der Waals surface area (Å²) in [6.45, 7) is 2.04. The Morgan fingerprint density at radius 2 is 2.00 bits per heavy atom. The third-order valence-electron chi connectivity index (χ3n) is 3.65. The van der Waals surface area contributed by atoms with Gasteiger partial charge in [0.2, 0.25) is 0 Å². The highest BCUT2D eigenvalue weighted by Crippen LogP contribution is 2.26. The van der Waals surface area contributed by atoms with Gasteiger partial charge in [0.1, 0.15) is 11.4 Å². The summed E-state index contributed by atoms with van der Waals surface area (Å²) in [5.74, 6) is -0.896. The van der Waals surface area contributed by atoms with Crippen LogP contribution in [0, 0.1) is 5.82 Å². The first-order valence-corrected chi connectivity index (χ1v) is 7.66. The van der Waals surface area contributed by atoms with Gasteiger partial charge < -0.3 is 10.1 Å². The van der Waals surface area contributed by atoms with Gasteiger partial charge in [-0.25, -0.2) is 4.39 Å². The van der Waals surface area contributed by atoms with Gasteiger partial charge in [0.15, 0.2) is 0 Å². The number of amides is 1. The molecule has 1 atom stereocenters. The van der Waals surface area contributed by atoms with E-state index < -0.39 is 17.3 Å². The first-order valence-electron chi connectivity index (χ1n) is 6.90. The fraction of sp³-hybridized carbons (Fsp3) is 0.235. The molecule has 0 radical (unpaired) electrons. The number of hydrogen-bond acceptors (Lipinski definition) is 2. The van der Waals surface area contributed by atoms with Crippen LogP contribution in [0.15, 0.2) is 42.5 Å². The van der Waals surface area contributed by atoms with E-state index >= 15 is 0 Å². The number of ether oxygens (including phenoxy) is 1. The first-order chi connectivity index (χ1) is 10.9. The van der Waals surface area contributed by atoms with Crippen LogP contribution in [0.5, 0.6) is 0 Å². The summed E-state index contributed by atoms with van der Waals surface area (Å²) in [6.07, 6.45) is 0. The minimum atomic E-state index is -0.757. The molecule has 0 heterocycles. The van der Waals surface area contributed by atoms with Crippen molar-refractivity contribution in [2.45, 2.75) is 12.5 Å². The lowest BCUT2D eigenvalue weighted by atomic mass is 9.95. The van der Waals surface area contributed by atoms with E-state index in [4.69, 9.17) is 27.9 Å². The van der Waals surface area contributed by atoms with Crippen LogP contribution in [0.2, 0.25) is 10.0 Å². The highest BCUT2D eigenvalue weighted by atomic mass is 35.5. The molecular weight excluding hydrogens is 340 g/mol. The molecule has 0 spiro atoms. The monoisotopic (exact) mass is 355 g/mol. The van der Waals surface area contributed by atoms with Gasteiger partial charge in [-0.1, -0.05) is 35.3 Å². The summed E-state index contributed by atoms with van der Waals surface area (Å²) >= 11 is 11.9. The molecule has 2 rings (SSSR count). The van der Waals surface area contributed by atoms with Crippen molar-refractivity contribution in [3.05, 3.63) is 69.5 Å². The van der Waals surface area contributed by atoms with Crippen LogP contribution in [0.4, 0.5) is 4.39 Å². The molecule has 0 aliphatic heterocycles. The molecule has 0 aliphatic carbocycles. The molecule has 0 saturated heterocycles. The Balaban J connectivity index is 2.15. The molecule has 2 aromatic carbocycles. The lowest BCUT2D eigenvalue weighted by Crippen LogP contribution is -2.40. The molecule has 0 fully saturated rings. The molecule has 0 aromatic heterocycles. The van der Waals surface area contributed by atoms with Gasteiger partial charge in [0.25, 0.3) is 5.91 Å². The highest BCUT2D eigenvalue weighted by Gasteiger charge is 2.27. The van der Waals surface area contributed by atoms with Crippen molar-refractivity contribution in [2.24, 2.45) is 0 Å². The Kier molecular flexibility index (Phi) is 5.63. The zero-order valence-corrected chi connectivity index (χ0v) is 14.2. The number of nitrogens with one attached hydrogen (secondary N) is 1. The number of hydrogen-bond donors (Lipinski definition) is 1. The molecule has 0 aliphatic rings. The van der Waals surface area contributed by atoms with E-state index in [-0.39, 0.29) is 17.1 Å². The molecule has 2 aromatic rings. The maximum absolute atomic E-state index is 13.1. The van der Waals surface area contributed by atoms with E-state index in [0.29, 0.717) is 5.02 Å². The third-order valence-corrected chi connectivity index (χ3v) is 4.20. The van der Waals surface area contributed by atoms with Crippen LogP contribution in [0.3, 0.4) is 0 Å². The van der Waals surface area contributed by atoms with Crippen LogP contribution in [0.1, 0.15) is 22.8 Å². The Hall–Kier alpha value is -1.62. The average Bonchev–Trinajstić information content (AvgIpc) is 2.52. The zero-order valence-electron chi connectivity index (χ0n) is 12.7. The summed E-state index contributed by atoms with van der Waals surface area (Å²) in [5, 5.41) is 3.40. The van der Waals surface area contributed by atoms with Crippen LogP contribution in [-0.4, -0.2) is 19.6 Å². The normalized spacial score (nSPS) is 13.4. The predicted octanol–water partition coefficient (Wildman–Crippen LogP) is 4.42. The van der Waals surface area contributed by atoms with Crippen molar-refractivity contribution >= 4 is 29.1 Å². The topological polar surface area (TPSA) is 38.3 Å². The molecule has 122 valence electrons. The minimum Gasteiger partial charge on any atom is -0.372 e. The van der Waals surface area contributed by atoms with E-state index in [0.717, 1.165) is 11.6 Å². The summed E-state index contributed by atoms with van der Waals surface area (Å²) in [4.78, 5) is 12.2. The molecule has 3 nitrogen and oxygen atoms in total. The van der Waals surface area contributed by atoms with E-state index in [2.05, 4.69) is 5.32 Å². The molecule has 23 heavy (non-hydrogen) atoms.